The summed E-state index contributed by atoms with van der Waals surface area (Å²) in [6, 6.07) is 52.1. The molecule has 4 nitrogen and oxygen atoms in total. The molecule has 9 aromatic rings. The fourth-order valence-corrected chi connectivity index (χ4v) is 8.49. The number of halogens is 1. The Labute approximate surface area is 301 Å². The molecule has 0 spiro atoms. The van der Waals surface area contributed by atoms with Crippen LogP contribution in [0.25, 0.3) is 43.4 Å². The summed E-state index contributed by atoms with van der Waals surface area (Å²) in [5.41, 5.74) is 9.60. The van der Waals surface area contributed by atoms with Crippen LogP contribution < -0.4 is 9.80 Å². The summed E-state index contributed by atoms with van der Waals surface area (Å²) >= 11 is 0. The molecular weight excluding hydrogens is 640 g/mol. The first-order valence-electron chi connectivity index (χ1n) is 17.6. The zero-order valence-corrected chi connectivity index (χ0v) is 28.8. The van der Waals surface area contributed by atoms with E-state index < -0.39 is 0 Å². The second-order valence-electron chi connectivity index (χ2n) is 14.0. The van der Waals surface area contributed by atoms with Gasteiger partial charge in [0, 0.05) is 39.3 Å². The smallest absolute Gasteiger partial charge is 0.140 e. The second-order valence-corrected chi connectivity index (χ2v) is 14.0. The third-order valence-corrected chi connectivity index (χ3v) is 10.8. The van der Waals surface area contributed by atoms with Crippen molar-refractivity contribution >= 4 is 66.6 Å². The molecule has 0 N–H and O–H groups in total. The Morgan fingerprint density at radius 3 is 1.88 bits per heavy atom. The minimum absolute atomic E-state index is 0.178. The van der Waals surface area contributed by atoms with Gasteiger partial charge in [0.2, 0.25) is 0 Å². The van der Waals surface area contributed by atoms with Crippen LogP contribution in [0.2, 0.25) is 0 Å². The SMILES string of the molecule is CC1(C)c2ccccc2-c2c(N(c3cccc(F)c3)c3ccc4ccc5c(N(c6ccccc6)c6ccncn6)ccc6ccc3c4c65)cccc21. The maximum atomic E-state index is 15.2. The van der Waals surface area contributed by atoms with Gasteiger partial charge in [-0.15, -0.1) is 0 Å². The van der Waals surface area contributed by atoms with Gasteiger partial charge in [-0.2, -0.15) is 0 Å². The molecule has 1 aliphatic rings. The number of hydrogen-bond donors (Lipinski definition) is 0. The van der Waals surface area contributed by atoms with Crippen LogP contribution in [0.5, 0.6) is 0 Å². The summed E-state index contributed by atoms with van der Waals surface area (Å²) < 4.78 is 15.2. The molecule has 0 fully saturated rings. The van der Waals surface area contributed by atoms with Gasteiger partial charge in [0.15, 0.2) is 0 Å². The average Bonchev–Trinajstić information content (AvgIpc) is 3.42. The zero-order valence-electron chi connectivity index (χ0n) is 28.8. The topological polar surface area (TPSA) is 32.3 Å². The highest BCUT2D eigenvalue weighted by atomic mass is 19.1. The number of fused-ring (bicyclic) bond motifs is 3. The van der Waals surface area contributed by atoms with E-state index in [4.69, 9.17) is 0 Å². The highest BCUT2D eigenvalue weighted by molar-refractivity contribution is 6.28. The summed E-state index contributed by atoms with van der Waals surface area (Å²) in [5.74, 6) is 0.513. The van der Waals surface area contributed by atoms with Crippen molar-refractivity contribution < 1.29 is 4.39 Å². The molecule has 0 amide bonds. The largest absolute Gasteiger partial charge is 0.309 e. The van der Waals surface area contributed by atoms with E-state index in [0.29, 0.717) is 0 Å². The molecule has 8 aromatic carbocycles. The number of para-hydroxylation sites is 1. The summed E-state index contributed by atoms with van der Waals surface area (Å²) in [6.45, 7) is 4.59. The van der Waals surface area contributed by atoms with Gasteiger partial charge in [0.05, 0.1) is 17.1 Å². The van der Waals surface area contributed by atoms with E-state index in [1.54, 1.807) is 24.7 Å². The Morgan fingerprint density at radius 1 is 0.538 bits per heavy atom. The fourth-order valence-electron chi connectivity index (χ4n) is 8.49. The fraction of sp³-hybridized carbons (Fsp3) is 0.0638. The summed E-state index contributed by atoms with van der Waals surface area (Å²) in [5, 5.41) is 6.84. The lowest BCUT2D eigenvalue weighted by atomic mass is 9.82. The maximum absolute atomic E-state index is 15.2. The van der Waals surface area contributed by atoms with Gasteiger partial charge in [-0.1, -0.05) is 111 Å². The first kappa shape index (κ1) is 30.3. The van der Waals surface area contributed by atoms with Gasteiger partial charge >= 0.3 is 0 Å². The minimum atomic E-state index is -0.274. The normalized spacial score (nSPS) is 13.1. The van der Waals surface area contributed by atoms with Crippen molar-refractivity contribution in [2.75, 3.05) is 9.80 Å². The monoisotopic (exact) mass is 672 g/mol. The number of anilines is 6. The van der Waals surface area contributed by atoms with Crippen LogP contribution >= 0.6 is 0 Å². The van der Waals surface area contributed by atoms with Crippen molar-refractivity contribution in [1.82, 2.24) is 9.97 Å². The van der Waals surface area contributed by atoms with Gasteiger partial charge in [-0.3, -0.25) is 4.90 Å². The number of benzene rings is 8. The van der Waals surface area contributed by atoms with Crippen LogP contribution in [-0.4, -0.2) is 9.97 Å². The Balaban J connectivity index is 1.26. The summed E-state index contributed by atoms with van der Waals surface area (Å²) in [4.78, 5) is 13.3. The van der Waals surface area contributed by atoms with E-state index in [1.807, 2.05) is 30.3 Å². The van der Waals surface area contributed by atoms with Crippen LogP contribution in [-0.2, 0) is 5.41 Å². The van der Waals surface area contributed by atoms with Crippen LogP contribution in [0.4, 0.5) is 38.6 Å². The van der Waals surface area contributed by atoms with Crippen LogP contribution in [0.15, 0.2) is 164 Å². The van der Waals surface area contributed by atoms with Gasteiger partial charge in [0.25, 0.3) is 0 Å². The summed E-state index contributed by atoms with van der Waals surface area (Å²) in [7, 11) is 0. The maximum Gasteiger partial charge on any atom is 0.140 e. The Bertz CT molecular complexity index is 2760. The van der Waals surface area contributed by atoms with Crippen molar-refractivity contribution in [3.05, 3.63) is 181 Å². The van der Waals surface area contributed by atoms with Crippen molar-refractivity contribution in [3.8, 4) is 11.1 Å². The third-order valence-electron chi connectivity index (χ3n) is 10.8. The minimum Gasteiger partial charge on any atom is -0.309 e. The first-order chi connectivity index (χ1) is 25.5. The molecule has 0 atom stereocenters. The van der Waals surface area contributed by atoms with E-state index in [9.17, 15) is 0 Å². The number of aromatic nitrogens is 2. The highest BCUT2D eigenvalue weighted by Crippen LogP contribution is 2.55. The van der Waals surface area contributed by atoms with Crippen LogP contribution in [0.3, 0.4) is 0 Å². The van der Waals surface area contributed by atoms with Gasteiger partial charge in [-0.25, -0.2) is 14.4 Å². The van der Waals surface area contributed by atoms with E-state index in [0.717, 1.165) is 55.8 Å². The molecule has 0 unspecified atom stereocenters. The number of hydrogen-bond acceptors (Lipinski definition) is 4. The molecule has 10 rings (SSSR count). The molecule has 5 heteroatoms. The standard InChI is InChI=1S/C47H33FN4/c1-47(2)38-15-7-6-14-35(38)46-39(47)16-9-17-42(46)51(34-13-8-10-32(48)28-34)40-24-20-30-19-23-37-41(25-21-31-18-22-36(40)44(30)45(31)37)52(33-11-4-3-5-12-33)43-26-27-49-29-50-43/h3-29H,1-2H3. The lowest BCUT2D eigenvalue weighted by molar-refractivity contribution is 0.628. The van der Waals surface area contributed by atoms with Crippen LogP contribution in [0, 0.1) is 5.82 Å². The first-order valence-corrected chi connectivity index (χ1v) is 17.6. The van der Waals surface area contributed by atoms with Gasteiger partial charge in [-0.05, 0) is 92.8 Å². The predicted octanol–water partition coefficient (Wildman–Crippen LogP) is 12.8. The van der Waals surface area contributed by atoms with Crippen molar-refractivity contribution in [2.45, 2.75) is 19.3 Å². The average molecular weight is 673 g/mol. The molecule has 0 radical (unpaired) electrons. The highest BCUT2D eigenvalue weighted by Gasteiger charge is 2.38. The molecule has 248 valence electrons. The van der Waals surface area contributed by atoms with Gasteiger partial charge < -0.3 is 4.90 Å². The van der Waals surface area contributed by atoms with Crippen molar-refractivity contribution in [2.24, 2.45) is 0 Å². The number of rotatable bonds is 6. The Hall–Kier alpha value is -6.59. The van der Waals surface area contributed by atoms with Crippen LogP contribution in [0.1, 0.15) is 25.0 Å². The van der Waals surface area contributed by atoms with E-state index in [1.165, 1.54) is 39.1 Å². The quantitative estimate of drug-likeness (QED) is 0.165. The van der Waals surface area contributed by atoms with Gasteiger partial charge in [0.1, 0.15) is 18.0 Å². The van der Waals surface area contributed by atoms with E-state index >= 15 is 4.39 Å². The molecule has 0 saturated carbocycles. The predicted molar refractivity (Wildman–Crippen MR) is 213 cm³/mol. The molecule has 1 heterocycles. The molecule has 52 heavy (non-hydrogen) atoms. The molecule has 0 bridgehead atoms. The third kappa shape index (κ3) is 4.45. The Kier molecular flexibility index (Phi) is 6.67. The van der Waals surface area contributed by atoms with Crippen molar-refractivity contribution in [1.29, 1.82) is 0 Å². The molecule has 0 saturated heterocycles. The Morgan fingerprint density at radius 2 is 1.17 bits per heavy atom. The molecule has 0 aliphatic heterocycles. The summed E-state index contributed by atoms with van der Waals surface area (Å²) in [6.07, 6.45) is 3.37. The van der Waals surface area contributed by atoms with E-state index in [-0.39, 0.29) is 11.2 Å². The zero-order chi connectivity index (χ0) is 35.0. The number of nitrogens with zero attached hydrogens (tertiary/aromatic N) is 4. The lowest BCUT2D eigenvalue weighted by Gasteiger charge is -2.30. The second kappa shape index (κ2) is 11.5. The van der Waals surface area contributed by atoms with Crippen molar-refractivity contribution in [3.63, 3.8) is 0 Å². The molecular formula is C47H33FN4. The lowest BCUT2D eigenvalue weighted by Crippen LogP contribution is -2.16. The molecule has 1 aromatic heterocycles. The molecule has 1 aliphatic carbocycles. The van der Waals surface area contributed by atoms with E-state index in [2.05, 4.69) is 137 Å².